The number of fused-ring (bicyclic) bond motifs is 1. The van der Waals surface area contributed by atoms with Crippen molar-refractivity contribution >= 4 is 17.2 Å². The number of thiazole rings is 1. The van der Waals surface area contributed by atoms with E-state index < -0.39 is 0 Å². The summed E-state index contributed by atoms with van der Waals surface area (Å²) in [5.41, 5.74) is 1.78. The fraction of sp³-hybridized carbons (Fsp3) is 0.353. The first kappa shape index (κ1) is 15.9. The molecule has 1 aliphatic rings. The van der Waals surface area contributed by atoms with Gasteiger partial charge in [-0.1, -0.05) is 0 Å². The van der Waals surface area contributed by atoms with E-state index in [0.717, 1.165) is 17.8 Å². The molecule has 0 aliphatic heterocycles. The third-order valence-electron chi connectivity index (χ3n) is 4.29. The van der Waals surface area contributed by atoms with Crippen LogP contribution in [0, 0.1) is 0 Å². The number of hydrogen-bond acceptors (Lipinski definition) is 6. The molecule has 25 heavy (non-hydrogen) atoms. The second-order valence-corrected chi connectivity index (χ2v) is 7.29. The fourth-order valence-corrected chi connectivity index (χ4v) is 4.16. The Labute approximate surface area is 149 Å². The van der Waals surface area contributed by atoms with Crippen LogP contribution < -0.4 is 0 Å². The van der Waals surface area contributed by atoms with E-state index >= 15 is 0 Å². The van der Waals surface area contributed by atoms with E-state index in [1.807, 2.05) is 0 Å². The van der Waals surface area contributed by atoms with Crippen LogP contribution >= 0.6 is 11.3 Å². The highest BCUT2D eigenvalue weighted by Gasteiger charge is 2.18. The second kappa shape index (κ2) is 6.72. The summed E-state index contributed by atoms with van der Waals surface area (Å²) in [6, 6.07) is 3.56. The van der Waals surface area contributed by atoms with Gasteiger partial charge in [0.05, 0.1) is 17.8 Å². The smallest absolute Gasteiger partial charge is 0.255 e. The summed E-state index contributed by atoms with van der Waals surface area (Å²) in [5, 5.41) is 8.51. The average Bonchev–Trinajstić information content (AvgIpc) is 3.30. The van der Waals surface area contributed by atoms with Crippen molar-refractivity contribution in [2.24, 2.45) is 0 Å². The Morgan fingerprint density at radius 3 is 2.76 bits per heavy atom. The van der Waals surface area contributed by atoms with Crippen molar-refractivity contribution in [2.75, 3.05) is 7.05 Å². The van der Waals surface area contributed by atoms with Gasteiger partial charge in [0.1, 0.15) is 23.5 Å². The third-order valence-corrected chi connectivity index (χ3v) is 5.43. The predicted octanol–water partition coefficient (Wildman–Crippen LogP) is 2.27. The molecule has 0 atom stereocenters. The lowest BCUT2D eigenvalue weighted by atomic mass is 10.0. The zero-order valence-corrected chi connectivity index (χ0v) is 14.7. The molecule has 128 valence electrons. The molecule has 1 amide bonds. The molecule has 0 unspecified atom stereocenters. The van der Waals surface area contributed by atoms with Crippen molar-refractivity contribution < 1.29 is 4.79 Å². The van der Waals surface area contributed by atoms with Crippen LogP contribution in [0.2, 0.25) is 0 Å². The third kappa shape index (κ3) is 3.30. The molecule has 1 aliphatic carbocycles. The number of amides is 1. The number of hydrogen-bond donors (Lipinski definition) is 0. The first-order chi connectivity index (χ1) is 12.2. The fourth-order valence-electron chi connectivity index (χ4n) is 2.95. The number of nitrogens with zero attached hydrogens (tertiary/aromatic N) is 6. The quantitative estimate of drug-likeness (QED) is 0.718. The number of carbonyl (C=O) groups excluding carboxylic acids is 1. The van der Waals surface area contributed by atoms with E-state index in [0.29, 0.717) is 17.9 Å². The number of rotatable bonds is 4. The topological polar surface area (TPSA) is 76.8 Å². The molecule has 0 saturated carbocycles. The number of carbonyl (C=O) groups is 1. The average molecular weight is 354 g/mol. The molecule has 7 nitrogen and oxygen atoms in total. The monoisotopic (exact) mass is 354 g/mol. The number of aromatic nitrogens is 5. The molecule has 0 saturated heterocycles. The summed E-state index contributed by atoms with van der Waals surface area (Å²) in [6.07, 6.45) is 9.38. The lowest BCUT2D eigenvalue weighted by Crippen LogP contribution is -2.26. The van der Waals surface area contributed by atoms with E-state index in [1.54, 1.807) is 58.8 Å². The van der Waals surface area contributed by atoms with Gasteiger partial charge >= 0.3 is 0 Å². The number of aryl methyl sites for hydroxylation is 2. The molecule has 4 rings (SSSR count). The van der Waals surface area contributed by atoms with E-state index in [1.165, 1.54) is 23.4 Å². The Hall–Kier alpha value is -2.61. The van der Waals surface area contributed by atoms with Gasteiger partial charge in [0.2, 0.25) is 0 Å². The van der Waals surface area contributed by atoms with Gasteiger partial charge in [0.25, 0.3) is 5.91 Å². The predicted molar refractivity (Wildman–Crippen MR) is 93.7 cm³/mol. The van der Waals surface area contributed by atoms with Crippen molar-refractivity contribution in [1.29, 1.82) is 0 Å². The minimum absolute atomic E-state index is 0.0593. The Kier molecular flexibility index (Phi) is 4.27. The van der Waals surface area contributed by atoms with E-state index in [4.69, 9.17) is 4.98 Å². The van der Waals surface area contributed by atoms with Crippen molar-refractivity contribution in [3.8, 4) is 5.82 Å². The molecule has 3 heterocycles. The number of pyridine rings is 1. The molecule has 0 radical (unpaired) electrons. The van der Waals surface area contributed by atoms with Crippen LogP contribution in [0.1, 0.15) is 38.8 Å². The molecule has 0 spiro atoms. The maximum atomic E-state index is 12.6. The van der Waals surface area contributed by atoms with Gasteiger partial charge in [-0.3, -0.25) is 9.36 Å². The van der Waals surface area contributed by atoms with Crippen molar-refractivity contribution in [2.45, 2.75) is 32.2 Å². The standard InChI is InChI=1S/C17H18N6OS/c1-22(9-16-21-13-4-2-3-5-14(13)25-16)17(24)12-6-7-15(18-8-12)23-10-19-20-11-23/h6-8,10-11H,2-5,9H2,1H3. The highest BCUT2D eigenvalue weighted by atomic mass is 32.1. The second-order valence-electron chi connectivity index (χ2n) is 6.12. The zero-order chi connectivity index (χ0) is 17.2. The summed E-state index contributed by atoms with van der Waals surface area (Å²) in [5.74, 6) is 0.618. The molecule has 0 fully saturated rings. The molecule has 8 heteroatoms. The summed E-state index contributed by atoms with van der Waals surface area (Å²) < 4.78 is 1.69. The Balaban J connectivity index is 1.45. The highest BCUT2D eigenvalue weighted by Crippen LogP contribution is 2.27. The maximum absolute atomic E-state index is 12.6. The van der Waals surface area contributed by atoms with Gasteiger partial charge in [0.15, 0.2) is 0 Å². The van der Waals surface area contributed by atoms with Crippen molar-refractivity contribution in [1.82, 2.24) is 29.6 Å². The molecule has 0 N–H and O–H groups in total. The van der Waals surface area contributed by atoms with Gasteiger partial charge in [-0.25, -0.2) is 9.97 Å². The lowest BCUT2D eigenvalue weighted by Gasteiger charge is -2.15. The molecular weight excluding hydrogens is 336 g/mol. The molecular formula is C17H18N6OS. The SMILES string of the molecule is CN(Cc1nc2c(s1)CCCC2)C(=O)c1ccc(-n2cnnc2)nc1. The van der Waals surface area contributed by atoms with Crippen LogP contribution in [0.4, 0.5) is 0 Å². The van der Waals surface area contributed by atoms with Crippen LogP contribution in [0.15, 0.2) is 31.0 Å². The summed E-state index contributed by atoms with van der Waals surface area (Å²) in [7, 11) is 1.80. The first-order valence-corrected chi connectivity index (χ1v) is 9.06. The Morgan fingerprint density at radius 2 is 2.04 bits per heavy atom. The van der Waals surface area contributed by atoms with Crippen LogP contribution in [0.25, 0.3) is 5.82 Å². The van der Waals surface area contributed by atoms with Crippen molar-refractivity contribution in [3.05, 3.63) is 52.1 Å². The minimum atomic E-state index is -0.0593. The maximum Gasteiger partial charge on any atom is 0.255 e. The van der Waals surface area contributed by atoms with Gasteiger partial charge in [-0.05, 0) is 37.8 Å². The summed E-state index contributed by atoms with van der Waals surface area (Å²) in [6.45, 7) is 0.531. The van der Waals surface area contributed by atoms with Crippen LogP contribution in [-0.2, 0) is 19.4 Å². The normalized spacial score (nSPS) is 13.5. The van der Waals surface area contributed by atoms with Gasteiger partial charge in [0, 0.05) is 18.1 Å². The molecule has 3 aromatic heterocycles. The lowest BCUT2D eigenvalue weighted by molar-refractivity contribution is 0.0784. The van der Waals surface area contributed by atoms with E-state index in [-0.39, 0.29) is 5.91 Å². The largest absolute Gasteiger partial charge is 0.335 e. The van der Waals surface area contributed by atoms with Gasteiger partial charge < -0.3 is 4.90 Å². The Bertz CT molecular complexity index is 848. The Morgan fingerprint density at radius 1 is 1.24 bits per heavy atom. The minimum Gasteiger partial charge on any atom is -0.335 e. The summed E-state index contributed by atoms with van der Waals surface area (Å²) in [4.78, 5) is 24.7. The molecule has 0 bridgehead atoms. The van der Waals surface area contributed by atoms with E-state index in [9.17, 15) is 4.79 Å². The molecule has 0 aromatic carbocycles. The first-order valence-electron chi connectivity index (χ1n) is 8.24. The van der Waals surface area contributed by atoms with Crippen LogP contribution in [0.5, 0.6) is 0 Å². The summed E-state index contributed by atoms with van der Waals surface area (Å²) >= 11 is 1.74. The van der Waals surface area contributed by atoms with Gasteiger partial charge in [-0.2, -0.15) is 0 Å². The molecule has 3 aromatic rings. The van der Waals surface area contributed by atoms with Crippen molar-refractivity contribution in [3.63, 3.8) is 0 Å². The highest BCUT2D eigenvalue weighted by molar-refractivity contribution is 7.11. The van der Waals surface area contributed by atoms with Gasteiger partial charge in [-0.15, -0.1) is 21.5 Å². The zero-order valence-electron chi connectivity index (χ0n) is 13.9. The van der Waals surface area contributed by atoms with Crippen LogP contribution in [-0.4, -0.2) is 42.6 Å². The van der Waals surface area contributed by atoms with E-state index in [2.05, 4.69) is 15.2 Å². The van der Waals surface area contributed by atoms with Crippen LogP contribution in [0.3, 0.4) is 0 Å².